The van der Waals surface area contributed by atoms with E-state index in [9.17, 15) is 9.59 Å². The highest BCUT2D eigenvalue weighted by atomic mass is 32.2. The van der Waals surface area contributed by atoms with Gasteiger partial charge < -0.3 is 0 Å². The maximum absolute atomic E-state index is 11.2. The van der Waals surface area contributed by atoms with Crippen molar-refractivity contribution in [2.45, 2.75) is 18.6 Å². The van der Waals surface area contributed by atoms with E-state index in [1.807, 2.05) is 20.1 Å². The van der Waals surface area contributed by atoms with Gasteiger partial charge in [0.2, 0.25) is 0 Å². The van der Waals surface area contributed by atoms with Crippen LogP contribution >= 0.6 is 11.8 Å². The van der Waals surface area contributed by atoms with E-state index >= 15 is 0 Å². The Labute approximate surface area is 82.2 Å². The van der Waals surface area contributed by atoms with Gasteiger partial charge in [0.15, 0.2) is 0 Å². The van der Waals surface area contributed by atoms with Crippen LogP contribution in [0.4, 0.5) is 0 Å². The summed E-state index contributed by atoms with van der Waals surface area (Å²) in [7, 11) is 0. The van der Waals surface area contributed by atoms with Crippen molar-refractivity contribution in [3.05, 3.63) is 12.2 Å². The SMILES string of the molecule is CSC(C)(C)CN1C(=O)C=CC1=O. The van der Waals surface area contributed by atoms with Gasteiger partial charge in [0.25, 0.3) is 11.8 Å². The van der Waals surface area contributed by atoms with Crippen LogP contribution in [0.25, 0.3) is 0 Å². The quantitative estimate of drug-likeness (QED) is 0.638. The molecule has 0 atom stereocenters. The Morgan fingerprint density at radius 1 is 1.31 bits per heavy atom. The molecule has 2 amide bonds. The van der Waals surface area contributed by atoms with Gasteiger partial charge in [0.05, 0.1) is 0 Å². The van der Waals surface area contributed by atoms with E-state index in [0.717, 1.165) is 0 Å². The molecule has 0 bridgehead atoms. The number of amides is 2. The van der Waals surface area contributed by atoms with Crippen molar-refractivity contribution in [3.63, 3.8) is 0 Å². The smallest absolute Gasteiger partial charge is 0.253 e. The molecule has 4 heteroatoms. The van der Waals surface area contributed by atoms with E-state index in [0.29, 0.717) is 6.54 Å². The van der Waals surface area contributed by atoms with Crippen molar-refractivity contribution in [2.24, 2.45) is 0 Å². The minimum absolute atomic E-state index is 0.0721. The van der Waals surface area contributed by atoms with Crippen LogP contribution in [0.2, 0.25) is 0 Å². The summed E-state index contributed by atoms with van der Waals surface area (Å²) in [6.45, 7) is 4.49. The highest BCUT2D eigenvalue weighted by molar-refractivity contribution is 7.99. The third-order valence-corrected chi connectivity index (χ3v) is 3.23. The molecule has 1 aliphatic rings. The van der Waals surface area contributed by atoms with Crippen molar-refractivity contribution in [1.29, 1.82) is 0 Å². The molecule has 0 aromatic rings. The van der Waals surface area contributed by atoms with E-state index in [1.165, 1.54) is 17.1 Å². The molecule has 0 spiro atoms. The first-order valence-corrected chi connectivity index (χ1v) is 5.27. The van der Waals surface area contributed by atoms with Crippen molar-refractivity contribution in [2.75, 3.05) is 12.8 Å². The van der Waals surface area contributed by atoms with Crippen LogP contribution < -0.4 is 0 Å². The number of nitrogens with zero attached hydrogens (tertiary/aromatic N) is 1. The van der Waals surface area contributed by atoms with E-state index in [-0.39, 0.29) is 16.6 Å². The third-order valence-electron chi connectivity index (χ3n) is 1.99. The Bertz CT molecular complexity index is 253. The third kappa shape index (κ3) is 2.34. The zero-order valence-electron chi connectivity index (χ0n) is 8.03. The Balaban J connectivity index is 2.65. The molecule has 72 valence electrons. The Morgan fingerprint density at radius 2 is 1.77 bits per heavy atom. The number of carbonyl (C=O) groups excluding carboxylic acids is 2. The molecular weight excluding hydrogens is 186 g/mol. The minimum Gasteiger partial charge on any atom is -0.274 e. The normalized spacial score (nSPS) is 17.3. The molecule has 0 aliphatic carbocycles. The Kier molecular flexibility index (Phi) is 2.81. The van der Waals surface area contributed by atoms with Crippen molar-refractivity contribution in [1.82, 2.24) is 4.90 Å². The van der Waals surface area contributed by atoms with Gasteiger partial charge in [0.1, 0.15) is 0 Å². The monoisotopic (exact) mass is 199 g/mol. The van der Waals surface area contributed by atoms with Gasteiger partial charge in [-0.15, -0.1) is 0 Å². The van der Waals surface area contributed by atoms with Crippen molar-refractivity contribution >= 4 is 23.6 Å². The lowest BCUT2D eigenvalue weighted by Gasteiger charge is -2.26. The van der Waals surface area contributed by atoms with Crippen LogP contribution in [0.3, 0.4) is 0 Å². The van der Waals surface area contributed by atoms with Gasteiger partial charge in [-0.3, -0.25) is 14.5 Å². The first kappa shape index (κ1) is 10.3. The zero-order chi connectivity index (χ0) is 10.1. The molecule has 0 radical (unpaired) electrons. The fourth-order valence-electron chi connectivity index (χ4n) is 1.03. The molecule has 0 fully saturated rings. The van der Waals surface area contributed by atoms with Crippen molar-refractivity contribution in [3.8, 4) is 0 Å². The number of imide groups is 1. The summed E-state index contributed by atoms with van der Waals surface area (Å²) < 4.78 is -0.0721. The molecule has 0 unspecified atom stereocenters. The number of carbonyl (C=O) groups is 2. The average Bonchev–Trinajstić information content (AvgIpc) is 2.36. The highest BCUT2D eigenvalue weighted by Gasteiger charge is 2.29. The van der Waals surface area contributed by atoms with Crippen LogP contribution in [0.1, 0.15) is 13.8 Å². The maximum Gasteiger partial charge on any atom is 0.253 e. The van der Waals surface area contributed by atoms with Crippen LogP contribution in [-0.4, -0.2) is 34.3 Å². The lowest BCUT2D eigenvalue weighted by molar-refractivity contribution is -0.137. The summed E-state index contributed by atoms with van der Waals surface area (Å²) in [4.78, 5) is 23.6. The van der Waals surface area contributed by atoms with Gasteiger partial charge in [-0.05, 0) is 20.1 Å². The summed E-state index contributed by atoms with van der Waals surface area (Å²) in [5.74, 6) is -0.403. The highest BCUT2D eigenvalue weighted by Crippen LogP contribution is 2.23. The molecule has 1 aliphatic heterocycles. The lowest BCUT2D eigenvalue weighted by Crippen LogP contribution is -2.40. The second kappa shape index (κ2) is 3.54. The number of hydrogen-bond donors (Lipinski definition) is 0. The van der Waals surface area contributed by atoms with Gasteiger partial charge in [0, 0.05) is 23.4 Å². The molecule has 3 nitrogen and oxygen atoms in total. The number of thioether (sulfide) groups is 1. The maximum atomic E-state index is 11.2. The summed E-state index contributed by atoms with van der Waals surface area (Å²) >= 11 is 1.64. The van der Waals surface area contributed by atoms with Crippen LogP contribution in [0.5, 0.6) is 0 Å². The zero-order valence-corrected chi connectivity index (χ0v) is 8.85. The largest absolute Gasteiger partial charge is 0.274 e. The fourth-order valence-corrected chi connectivity index (χ4v) is 1.29. The summed E-state index contributed by atoms with van der Waals surface area (Å²) in [5.41, 5.74) is 0. The molecule has 0 aromatic heterocycles. The van der Waals surface area contributed by atoms with Crippen LogP contribution in [0.15, 0.2) is 12.2 Å². The number of rotatable bonds is 3. The molecule has 0 saturated heterocycles. The second-order valence-corrected chi connectivity index (χ2v) is 5.07. The lowest BCUT2D eigenvalue weighted by atomic mass is 10.2. The van der Waals surface area contributed by atoms with Gasteiger partial charge >= 0.3 is 0 Å². The predicted molar refractivity (Wildman–Crippen MR) is 53.5 cm³/mol. The van der Waals surface area contributed by atoms with Crippen LogP contribution in [0, 0.1) is 0 Å². The molecule has 1 heterocycles. The first-order chi connectivity index (χ1) is 5.96. The standard InChI is InChI=1S/C9H13NO2S/c1-9(2,13-3)6-10-7(11)4-5-8(10)12/h4-5H,6H2,1-3H3. The average molecular weight is 199 g/mol. The molecule has 13 heavy (non-hydrogen) atoms. The fraction of sp³-hybridized carbons (Fsp3) is 0.556. The van der Waals surface area contributed by atoms with Gasteiger partial charge in [-0.25, -0.2) is 0 Å². The van der Waals surface area contributed by atoms with E-state index in [1.54, 1.807) is 11.8 Å². The predicted octanol–water partition coefficient (Wildman–Crippen LogP) is 1.05. The van der Waals surface area contributed by atoms with Gasteiger partial charge in [-0.2, -0.15) is 11.8 Å². The van der Waals surface area contributed by atoms with Gasteiger partial charge in [-0.1, -0.05) is 0 Å². The summed E-state index contributed by atoms with van der Waals surface area (Å²) in [6, 6.07) is 0. The molecule has 1 rings (SSSR count). The van der Waals surface area contributed by atoms with Crippen molar-refractivity contribution < 1.29 is 9.59 Å². The Morgan fingerprint density at radius 3 is 2.15 bits per heavy atom. The second-order valence-electron chi connectivity index (χ2n) is 3.56. The molecular formula is C9H13NO2S. The minimum atomic E-state index is -0.202. The Hall–Kier alpha value is -0.770. The molecule has 0 aromatic carbocycles. The summed E-state index contributed by atoms with van der Waals surface area (Å²) in [6.07, 6.45) is 4.61. The molecule has 0 N–H and O–H groups in total. The van der Waals surface area contributed by atoms with E-state index < -0.39 is 0 Å². The topological polar surface area (TPSA) is 37.4 Å². The van der Waals surface area contributed by atoms with E-state index in [4.69, 9.17) is 0 Å². The first-order valence-electron chi connectivity index (χ1n) is 4.05. The van der Waals surface area contributed by atoms with Crippen LogP contribution in [-0.2, 0) is 9.59 Å². The van der Waals surface area contributed by atoms with E-state index in [2.05, 4.69) is 0 Å². The summed E-state index contributed by atoms with van der Waals surface area (Å²) in [5, 5.41) is 0. The number of hydrogen-bond acceptors (Lipinski definition) is 3. The molecule has 0 saturated carbocycles.